The van der Waals surface area contributed by atoms with E-state index < -0.39 is 9.84 Å². The molecule has 6 nitrogen and oxygen atoms in total. The number of sulfone groups is 1. The fourth-order valence-electron chi connectivity index (χ4n) is 4.03. The van der Waals surface area contributed by atoms with Gasteiger partial charge in [0.25, 0.3) is 0 Å². The third-order valence-electron chi connectivity index (χ3n) is 6.08. The summed E-state index contributed by atoms with van der Waals surface area (Å²) in [6.45, 7) is 5.45. The van der Waals surface area contributed by atoms with Crippen molar-refractivity contribution in [1.29, 1.82) is 0 Å². The first-order valence-electron chi connectivity index (χ1n) is 10.6. The van der Waals surface area contributed by atoms with Crippen LogP contribution in [0.5, 0.6) is 0 Å². The predicted molar refractivity (Wildman–Crippen MR) is 115 cm³/mol. The van der Waals surface area contributed by atoms with Crippen molar-refractivity contribution in [2.24, 2.45) is 5.92 Å². The first kappa shape index (κ1) is 21.8. The highest BCUT2D eigenvalue weighted by molar-refractivity contribution is 7.91. The second-order valence-electron chi connectivity index (χ2n) is 8.55. The molecule has 0 N–H and O–H groups in total. The monoisotopic (exact) mass is 420 g/mol. The van der Waals surface area contributed by atoms with E-state index in [1.807, 2.05) is 34.1 Å². The van der Waals surface area contributed by atoms with Gasteiger partial charge in [-0.2, -0.15) is 0 Å². The molecule has 2 amide bonds. The summed E-state index contributed by atoms with van der Waals surface area (Å²) in [5.74, 6) is 0.621. The fraction of sp³-hybridized carbons (Fsp3) is 0.636. The summed E-state index contributed by atoms with van der Waals surface area (Å²) in [4.78, 5) is 28.4. The Morgan fingerprint density at radius 1 is 1.07 bits per heavy atom. The third kappa shape index (κ3) is 5.59. The number of carbonyl (C=O) groups excluding carboxylic acids is 2. The van der Waals surface area contributed by atoms with Crippen molar-refractivity contribution in [3.63, 3.8) is 0 Å². The maximum absolute atomic E-state index is 12.6. The average Bonchev–Trinajstić information content (AvgIpc) is 2.69. The second kappa shape index (κ2) is 9.28. The van der Waals surface area contributed by atoms with Crippen LogP contribution in [-0.2, 0) is 25.8 Å². The molecule has 0 aromatic heterocycles. The maximum atomic E-state index is 12.6. The van der Waals surface area contributed by atoms with Crippen LogP contribution < -0.4 is 4.90 Å². The van der Waals surface area contributed by atoms with Crippen molar-refractivity contribution in [3.05, 3.63) is 29.8 Å². The summed E-state index contributed by atoms with van der Waals surface area (Å²) in [5, 5.41) is -0.342. The molecular weight excluding hydrogens is 388 g/mol. The number of anilines is 1. The highest BCUT2D eigenvalue weighted by Gasteiger charge is 2.28. The molecule has 2 fully saturated rings. The van der Waals surface area contributed by atoms with Gasteiger partial charge in [0, 0.05) is 31.7 Å². The van der Waals surface area contributed by atoms with Crippen molar-refractivity contribution >= 4 is 27.3 Å². The molecule has 2 aliphatic rings. The summed E-state index contributed by atoms with van der Waals surface area (Å²) in [5.41, 5.74) is 1.84. The first-order valence-corrected chi connectivity index (χ1v) is 12.4. The molecule has 29 heavy (non-hydrogen) atoms. The van der Waals surface area contributed by atoms with E-state index >= 15 is 0 Å². The quantitative estimate of drug-likeness (QED) is 0.709. The van der Waals surface area contributed by atoms with Crippen molar-refractivity contribution in [1.82, 2.24) is 4.90 Å². The van der Waals surface area contributed by atoms with Gasteiger partial charge < -0.3 is 9.80 Å². The van der Waals surface area contributed by atoms with Gasteiger partial charge >= 0.3 is 0 Å². The normalized spacial score (nSPS) is 19.1. The number of hydrogen-bond acceptors (Lipinski definition) is 4. The van der Waals surface area contributed by atoms with Crippen molar-refractivity contribution in [2.45, 2.75) is 57.6 Å². The number of hydrogen-bond donors (Lipinski definition) is 0. The zero-order valence-corrected chi connectivity index (χ0v) is 18.3. The minimum absolute atomic E-state index is 0.0805. The lowest BCUT2D eigenvalue weighted by atomic mass is 9.98. The van der Waals surface area contributed by atoms with Crippen LogP contribution >= 0.6 is 0 Å². The Hall–Kier alpha value is -1.89. The van der Waals surface area contributed by atoms with Crippen LogP contribution in [0.15, 0.2) is 24.3 Å². The SMILES string of the molecule is CC(C)S(=O)(=O)CC1CCN(C(=O)Cc2ccc(N3CCCCC3=O)cc2)CC1. The number of rotatable bonds is 6. The summed E-state index contributed by atoms with van der Waals surface area (Å²) in [7, 11) is -3.03. The van der Waals surface area contributed by atoms with E-state index in [1.165, 1.54) is 0 Å². The molecule has 2 aliphatic heterocycles. The summed E-state index contributed by atoms with van der Waals surface area (Å²) in [6, 6.07) is 7.71. The van der Waals surface area contributed by atoms with Crippen molar-refractivity contribution < 1.29 is 18.0 Å². The number of piperidine rings is 2. The zero-order valence-electron chi connectivity index (χ0n) is 17.5. The number of likely N-dealkylation sites (tertiary alicyclic amines) is 1. The summed E-state index contributed by atoms with van der Waals surface area (Å²) < 4.78 is 24.2. The first-order chi connectivity index (χ1) is 13.8. The summed E-state index contributed by atoms with van der Waals surface area (Å²) >= 11 is 0. The molecule has 0 unspecified atom stereocenters. The Balaban J connectivity index is 1.50. The topological polar surface area (TPSA) is 74.8 Å². The van der Waals surface area contributed by atoms with Crippen LogP contribution in [0.2, 0.25) is 0 Å². The lowest BCUT2D eigenvalue weighted by Gasteiger charge is -2.32. The number of nitrogens with zero attached hydrogens (tertiary/aromatic N) is 2. The largest absolute Gasteiger partial charge is 0.342 e. The Kier molecular flexibility index (Phi) is 6.98. The molecule has 0 saturated carbocycles. The molecule has 0 spiro atoms. The van der Waals surface area contributed by atoms with Crippen molar-refractivity contribution in [3.8, 4) is 0 Å². The van der Waals surface area contributed by atoms with Crippen LogP contribution in [0.3, 0.4) is 0 Å². The molecule has 1 aromatic rings. The van der Waals surface area contributed by atoms with Gasteiger partial charge in [-0.25, -0.2) is 8.42 Å². The molecule has 3 rings (SSSR count). The fourth-order valence-corrected chi connectivity index (χ4v) is 5.40. The molecule has 7 heteroatoms. The van der Waals surface area contributed by atoms with Gasteiger partial charge in [-0.1, -0.05) is 12.1 Å². The minimum Gasteiger partial charge on any atom is -0.342 e. The Labute approximate surface area is 174 Å². The molecule has 1 aromatic carbocycles. The Morgan fingerprint density at radius 2 is 1.72 bits per heavy atom. The predicted octanol–water partition coefficient (Wildman–Crippen LogP) is 2.81. The van der Waals surface area contributed by atoms with E-state index in [-0.39, 0.29) is 28.7 Å². The standard InChI is InChI=1S/C22H32N2O4S/c1-17(2)29(27,28)16-19-10-13-23(14-11-19)22(26)15-18-6-8-20(9-7-18)24-12-4-3-5-21(24)25/h6-9,17,19H,3-5,10-16H2,1-2H3. The van der Waals surface area contributed by atoms with Crippen LogP contribution in [0.25, 0.3) is 0 Å². The third-order valence-corrected chi connectivity index (χ3v) is 8.45. The highest BCUT2D eigenvalue weighted by Crippen LogP contribution is 2.23. The van der Waals surface area contributed by atoms with E-state index in [4.69, 9.17) is 0 Å². The number of benzene rings is 1. The van der Waals surface area contributed by atoms with Crippen LogP contribution in [-0.4, -0.2) is 55.8 Å². The van der Waals surface area contributed by atoms with E-state index in [0.717, 1.165) is 43.5 Å². The van der Waals surface area contributed by atoms with E-state index in [0.29, 0.717) is 25.9 Å². The lowest BCUT2D eigenvalue weighted by molar-refractivity contribution is -0.131. The maximum Gasteiger partial charge on any atom is 0.226 e. The Morgan fingerprint density at radius 3 is 2.31 bits per heavy atom. The van der Waals surface area contributed by atoms with Gasteiger partial charge in [0.15, 0.2) is 9.84 Å². The smallest absolute Gasteiger partial charge is 0.226 e. The molecule has 2 heterocycles. The molecule has 0 bridgehead atoms. The van der Waals surface area contributed by atoms with Gasteiger partial charge in [0.1, 0.15) is 0 Å². The zero-order chi connectivity index (χ0) is 21.0. The second-order valence-corrected chi connectivity index (χ2v) is 11.2. The van der Waals surface area contributed by atoms with Gasteiger partial charge in [0.2, 0.25) is 11.8 Å². The van der Waals surface area contributed by atoms with Crippen molar-refractivity contribution in [2.75, 3.05) is 30.3 Å². The molecule has 0 radical (unpaired) electrons. The van der Waals surface area contributed by atoms with E-state index in [9.17, 15) is 18.0 Å². The molecular formula is C22H32N2O4S. The van der Waals surface area contributed by atoms with Crippen LogP contribution in [0, 0.1) is 5.92 Å². The molecule has 0 atom stereocenters. The van der Waals surface area contributed by atoms with E-state index in [2.05, 4.69) is 0 Å². The van der Waals surface area contributed by atoms with Crippen LogP contribution in [0.1, 0.15) is 51.5 Å². The van der Waals surface area contributed by atoms with Crippen LogP contribution in [0.4, 0.5) is 5.69 Å². The number of amides is 2. The summed E-state index contributed by atoms with van der Waals surface area (Å²) in [6.07, 6.45) is 4.42. The van der Waals surface area contributed by atoms with Gasteiger partial charge in [-0.3, -0.25) is 9.59 Å². The highest BCUT2D eigenvalue weighted by atomic mass is 32.2. The lowest BCUT2D eigenvalue weighted by Crippen LogP contribution is -2.41. The van der Waals surface area contributed by atoms with Gasteiger partial charge in [-0.05, 0) is 63.1 Å². The minimum atomic E-state index is -3.03. The Bertz CT molecular complexity index is 825. The van der Waals surface area contributed by atoms with Gasteiger partial charge in [-0.15, -0.1) is 0 Å². The van der Waals surface area contributed by atoms with Gasteiger partial charge in [0.05, 0.1) is 17.4 Å². The molecule has 160 valence electrons. The average molecular weight is 421 g/mol. The number of carbonyl (C=O) groups is 2. The molecule has 0 aliphatic carbocycles. The molecule has 2 saturated heterocycles. The van der Waals surface area contributed by atoms with E-state index in [1.54, 1.807) is 13.8 Å².